The van der Waals surface area contributed by atoms with Gasteiger partial charge in [-0.25, -0.2) is 14.4 Å². The zero-order valence-corrected chi connectivity index (χ0v) is 17.2. The average Bonchev–Trinajstić information content (AvgIpc) is 3.21. The summed E-state index contributed by atoms with van der Waals surface area (Å²) in [6, 6.07) is 5.00. The third kappa shape index (κ3) is 2.22. The minimum absolute atomic E-state index is 0.125. The van der Waals surface area contributed by atoms with Crippen molar-refractivity contribution in [2.45, 2.75) is 31.2 Å². The molecule has 0 saturated carbocycles. The lowest BCUT2D eigenvalue weighted by Crippen LogP contribution is -2.67. The number of methoxy groups -OCH3 is 2. The van der Waals surface area contributed by atoms with Crippen molar-refractivity contribution in [1.29, 1.82) is 0 Å². The van der Waals surface area contributed by atoms with Gasteiger partial charge >= 0.3 is 17.9 Å². The Bertz CT molecular complexity index is 1090. The Balaban J connectivity index is 2.18. The molecule has 1 aromatic rings. The molecule has 31 heavy (non-hydrogen) atoms. The summed E-state index contributed by atoms with van der Waals surface area (Å²) in [5, 5.41) is 0. The molecule has 10 heteroatoms. The van der Waals surface area contributed by atoms with Gasteiger partial charge in [0, 0.05) is 11.1 Å². The summed E-state index contributed by atoms with van der Waals surface area (Å²) in [5.74, 6) is -4.90. The van der Waals surface area contributed by atoms with Crippen LogP contribution in [0.4, 0.5) is 0 Å². The molecule has 162 valence electrons. The van der Waals surface area contributed by atoms with Crippen LogP contribution in [0.2, 0.25) is 0 Å². The van der Waals surface area contributed by atoms with Crippen LogP contribution in [0, 0.1) is 0 Å². The van der Waals surface area contributed by atoms with Gasteiger partial charge in [0.2, 0.25) is 11.5 Å². The first-order valence-corrected chi connectivity index (χ1v) is 9.50. The molecule has 3 unspecified atom stereocenters. The quantitative estimate of drug-likeness (QED) is 0.376. The van der Waals surface area contributed by atoms with E-state index in [1.54, 1.807) is 12.1 Å². The maximum absolute atomic E-state index is 13.5. The van der Waals surface area contributed by atoms with Crippen molar-refractivity contribution in [1.82, 2.24) is 4.90 Å². The predicted octanol–water partition coefficient (Wildman–Crippen LogP) is 0.241. The van der Waals surface area contributed by atoms with Crippen molar-refractivity contribution in [2.24, 2.45) is 0 Å². The fourth-order valence-electron chi connectivity index (χ4n) is 4.60. The normalized spacial score (nSPS) is 28.3. The zero-order chi connectivity index (χ0) is 22.7. The number of esters is 3. The van der Waals surface area contributed by atoms with Gasteiger partial charge < -0.3 is 18.9 Å². The Kier molecular flexibility index (Phi) is 4.51. The summed E-state index contributed by atoms with van der Waals surface area (Å²) in [5.41, 5.74) is -5.39. The first-order valence-electron chi connectivity index (χ1n) is 9.50. The van der Waals surface area contributed by atoms with Crippen LogP contribution in [0.1, 0.15) is 29.8 Å². The van der Waals surface area contributed by atoms with Crippen LogP contribution in [0.25, 0.3) is 0 Å². The molecule has 1 saturated heterocycles. The second kappa shape index (κ2) is 6.74. The van der Waals surface area contributed by atoms with Crippen LogP contribution in [0.5, 0.6) is 0 Å². The summed E-state index contributed by atoms with van der Waals surface area (Å²) < 4.78 is 20.9. The van der Waals surface area contributed by atoms with Gasteiger partial charge in [-0.2, -0.15) is 0 Å². The molecule has 1 fully saturated rings. The van der Waals surface area contributed by atoms with Crippen molar-refractivity contribution in [3.05, 3.63) is 46.5 Å². The highest BCUT2D eigenvalue weighted by atomic mass is 16.6. The zero-order valence-electron chi connectivity index (χ0n) is 17.2. The Labute approximate surface area is 176 Å². The lowest BCUT2D eigenvalue weighted by atomic mass is 9.85. The fourth-order valence-corrected chi connectivity index (χ4v) is 4.60. The molecule has 4 rings (SSSR count). The van der Waals surface area contributed by atoms with Gasteiger partial charge in [0.1, 0.15) is 11.1 Å². The highest BCUT2D eigenvalue weighted by Gasteiger charge is 2.78. The van der Waals surface area contributed by atoms with Crippen molar-refractivity contribution in [3.63, 3.8) is 0 Å². The summed E-state index contributed by atoms with van der Waals surface area (Å²) in [6.45, 7) is 2.78. The maximum Gasteiger partial charge on any atom is 0.351 e. The molecular formula is C21H19NO9. The molecule has 3 heterocycles. The highest BCUT2D eigenvalue weighted by molar-refractivity contribution is 6.25. The Morgan fingerprint density at radius 1 is 1.06 bits per heavy atom. The number of hydrogen-bond acceptors (Lipinski definition) is 9. The van der Waals surface area contributed by atoms with Crippen molar-refractivity contribution in [3.8, 4) is 0 Å². The van der Waals surface area contributed by atoms with E-state index < -0.39 is 58.1 Å². The van der Waals surface area contributed by atoms with Gasteiger partial charge in [-0.3, -0.25) is 14.5 Å². The number of amides is 1. The van der Waals surface area contributed by atoms with Crippen LogP contribution < -0.4 is 0 Å². The lowest BCUT2D eigenvalue weighted by Gasteiger charge is -2.46. The highest BCUT2D eigenvalue weighted by Crippen LogP contribution is 2.60. The van der Waals surface area contributed by atoms with Crippen molar-refractivity contribution < 1.29 is 42.9 Å². The summed E-state index contributed by atoms with van der Waals surface area (Å²) in [4.78, 5) is 66.9. The van der Waals surface area contributed by atoms with Crippen LogP contribution in [0.3, 0.4) is 0 Å². The summed E-state index contributed by atoms with van der Waals surface area (Å²) in [6.07, 6.45) is 0. The number of fused-ring (bicyclic) bond motifs is 2. The van der Waals surface area contributed by atoms with E-state index in [-0.39, 0.29) is 17.7 Å². The molecule has 1 amide bonds. The van der Waals surface area contributed by atoms with E-state index in [1.807, 2.05) is 0 Å². The van der Waals surface area contributed by atoms with Crippen LogP contribution in [-0.2, 0) is 43.9 Å². The fraction of sp³-hybridized carbons (Fsp3) is 0.381. The molecule has 0 N–H and O–H groups in total. The molecule has 1 spiro atoms. The minimum Gasteiger partial charge on any atom is -0.466 e. The van der Waals surface area contributed by atoms with Crippen LogP contribution in [0.15, 0.2) is 35.4 Å². The van der Waals surface area contributed by atoms with Gasteiger partial charge in [-0.1, -0.05) is 18.2 Å². The number of Topliss-reactive ketones (excluding diaryl/α,β-unsaturated/α-hetero) is 1. The Morgan fingerprint density at radius 3 is 2.29 bits per heavy atom. The van der Waals surface area contributed by atoms with Gasteiger partial charge in [-0.05, 0) is 19.9 Å². The average molecular weight is 429 g/mol. The van der Waals surface area contributed by atoms with E-state index in [9.17, 15) is 24.0 Å². The van der Waals surface area contributed by atoms with E-state index in [2.05, 4.69) is 0 Å². The van der Waals surface area contributed by atoms with E-state index in [1.165, 1.54) is 26.0 Å². The molecular weight excluding hydrogens is 410 g/mol. The minimum atomic E-state index is -2.60. The van der Waals surface area contributed by atoms with E-state index in [4.69, 9.17) is 18.9 Å². The molecule has 2 bridgehead atoms. The Morgan fingerprint density at radius 2 is 1.68 bits per heavy atom. The predicted molar refractivity (Wildman–Crippen MR) is 100 cm³/mol. The van der Waals surface area contributed by atoms with Gasteiger partial charge in [-0.15, -0.1) is 0 Å². The first kappa shape index (κ1) is 20.7. The Hall–Kier alpha value is -3.53. The van der Waals surface area contributed by atoms with Crippen molar-refractivity contribution >= 4 is 29.6 Å². The third-order valence-corrected chi connectivity index (χ3v) is 5.78. The maximum atomic E-state index is 13.5. The lowest BCUT2D eigenvalue weighted by molar-refractivity contribution is -0.221. The number of rotatable bonds is 4. The monoisotopic (exact) mass is 429 g/mol. The van der Waals surface area contributed by atoms with Gasteiger partial charge in [0.15, 0.2) is 0 Å². The molecule has 10 nitrogen and oxygen atoms in total. The van der Waals surface area contributed by atoms with Gasteiger partial charge in [0.25, 0.3) is 11.5 Å². The number of nitrogens with zero attached hydrogens (tertiary/aromatic N) is 1. The number of hydrogen-bond donors (Lipinski definition) is 0. The summed E-state index contributed by atoms with van der Waals surface area (Å²) in [7, 11) is 2.10. The van der Waals surface area contributed by atoms with Crippen molar-refractivity contribution in [2.75, 3.05) is 20.8 Å². The molecule has 3 aliphatic rings. The first-order chi connectivity index (χ1) is 14.7. The van der Waals surface area contributed by atoms with E-state index >= 15 is 0 Å². The number of carbonyl (C=O) groups is 5. The third-order valence-electron chi connectivity index (χ3n) is 5.78. The smallest absolute Gasteiger partial charge is 0.351 e. The van der Waals surface area contributed by atoms with E-state index in [0.717, 1.165) is 19.1 Å². The number of ether oxygens (including phenoxy) is 4. The standard InChI is InChI=1S/C21H19NO9/c1-5-30-19(27)20-13(17(25)28-3)14(18(26)29-4)21(31-20)12-9-7-6-8-11(12)16(24)22(21)10(2)15(20)23/h6-10H,5H2,1-4H3. The molecule has 3 atom stereocenters. The number of ketones is 1. The molecule has 0 aliphatic carbocycles. The molecule has 0 aromatic heterocycles. The van der Waals surface area contributed by atoms with Crippen LogP contribution >= 0.6 is 0 Å². The largest absolute Gasteiger partial charge is 0.466 e. The second-order valence-electron chi connectivity index (χ2n) is 7.14. The number of benzene rings is 1. The SMILES string of the molecule is CCOC(=O)C12OC3(C(C(=O)OC)=C1C(=O)OC)c1ccccc1C(=O)N3C(C)C2=O. The number of carbonyl (C=O) groups excluding carboxylic acids is 5. The topological polar surface area (TPSA) is 126 Å². The van der Waals surface area contributed by atoms with E-state index in [0.29, 0.717) is 0 Å². The molecule has 3 aliphatic heterocycles. The molecule has 0 radical (unpaired) electrons. The summed E-state index contributed by atoms with van der Waals surface area (Å²) >= 11 is 0. The van der Waals surface area contributed by atoms with Crippen LogP contribution in [-0.4, -0.2) is 67.0 Å². The molecule has 1 aromatic carbocycles. The van der Waals surface area contributed by atoms with Gasteiger partial charge in [0.05, 0.1) is 26.9 Å². The second-order valence-corrected chi connectivity index (χ2v) is 7.14.